The predicted molar refractivity (Wildman–Crippen MR) is 116 cm³/mol. The number of nitrogens with zero attached hydrogens (tertiary/aromatic N) is 2. The van der Waals surface area contributed by atoms with Crippen LogP contribution >= 0.6 is 0 Å². The standard InChI is InChI=1S/C24H35N3O2/c1-18-21(24(28)25-13-14-29-17-20-9-10-20)11-12-23-22(18)16-27(26-23)15-19-7-5-3-2-4-6-8-19/h11-12,16,19-20H,2-10,13-15,17H2,1H3,(H,25,28). The number of ether oxygens (including phenoxy) is 1. The third-order valence-electron chi connectivity index (χ3n) is 6.50. The summed E-state index contributed by atoms with van der Waals surface area (Å²) in [6, 6.07) is 3.89. The van der Waals surface area contributed by atoms with Gasteiger partial charge in [0.1, 0.15) is 0 Å². The first-order valence-electron chi connectivity index (χ1n) is 11.5. The van der Waals surface area contributed by atoms with E-state index in [1.54, 1.807) is 0 Å². The Morgan fingerprint density at radius 3 is 2.62 bits per heavy atom. The highest BCUT2D eigenvalue weighted by Crippen LogP contribution is 2.28. The summed E-state index contributed by atoms with van der Waals surface area (Å²) < 4.78 is 7.72. The van der Waals surface area contributed by atoms with Crippen molar-refractivity contribution >= 4 is 16.8 Å². The van der Waals surface area contributed by atoms with Crippen LogP contribution in [0.5, 0.6) is 0 Å². The van der Waals surface area contributed by atoms with Crippen LogP contribution in [0.4, 0.5) is 0 Å². The zero-order chi connectivity index (χ0) is 20.1. The molecule has 0 atom stereocenters. The minimum atomic E-state index is -0.0211. The Bertz CT molecular complexity index is 817. The second-order valence-corrected chi connectivity index (χ2v) is 9.01. The van der Waals surface area contributed by atoms with Gasteiger partial charge in [-0.1, -0.05) is 32.1 Å². The molecule has 0 radical (unpaired) electrons. The van der Waals surface area contributed by atoms with Crippen LogP contribution in [0.25, 0.3) is 10.9 Å². The monoisotopic (exact) mass is 397 g/mol. The molecule has 2 fully saturated rings. The number of nitrogens with one attached hydrogen (secondary N) is 1. The van der Waals surface area contributed by atoms with Crippen molar-refractivity contribution in [1.82, 2.24) is 15.1 Å². The van der Waals surface area contributed by atoms with Crippen LogP contribution in [-0.2, 0) is 11.3 Å². The molecule has 158 valence electrons. The molecule has 2 aliphatic rings. The first-order chi connectivity index (χ1) is 14.2. The van der Waals surface area contributed by atoms with Gasteiger partial charge in [0.25, 0.3) is 5.91 Å². The molecule has 4 rings (SSSR count). The molecule has 2 aromatic rings. The first kappa shape index (κ1) is 20.4. The Hall–Kier alpha value is -1.88. The third-order valence-corrected chi connectivity index (χ3v) is 6.50. The maximum absolute atomic E-state index is 12.6. The van der Waals surface area contributed by atoms with Gasteiger partial charge in [0.2, 0.25) is 0 Å². The summed E-state index contributed by atoms with van der Waals surface area (Å²) in [7, 11) is 0. The van der Waals surface area contributed by atoms with Crippen molar-refractivity contribution in [3.05, 3.63) is 29.5 Å². The van der Waals surface area contributed by atoms with Crippen molar-refractivity contribution in [3.63, 3.8) is 0 Å². The number of hydrogen-bond acceptors (Lipinski definition) is 3. The van der Waals surface area contributed by atoms with Crippen molar-refractivity contribution < 1.29 is 9.53 Å². The molecule has 1 N–H and O–H groups in total. The average molecular weight is 398 g/mol. The van der Waals surface area contributed by atoms with Gasteiger partial charge >= 0.3 is 0 Å². The topological polar surface area (TPSA) is 56.1 Å². The Morgan fingerprint density at radius 2 is 1.86 bits per heavy atom. The number of amides is 1. The summed E-state index contributed by atoms with van der Waals surface area (Å²) in [5, 5.41) is 8.88. The van der Waals surface area contributed by atoms with Crippen molar-refractivity contribution in [1.29, 1.82) is 0 Å². The van der Waals surface area contributed by atoms with Gasteiger partial charge in [-0.25, -0.2) is 0 Å². The lowest BCUT2D eigenvalue weighted by atomic mass is 9.91. The Morgan fingerprint density at radius 1 is 1.10 bits per heavy atom. The van der Waals surface area contributed by atoms with Crippen LogP contribution in [0.15, 0.2) is 18.3 Å². The lowest BCUT2D eigenvalue weighted by Crippen LogP contribution is -2.28. The Balaban J connectivity index is 1.36. The van der Waals surface area contributed by atoms with Crippen LogP contribution < -0.4 is 5.32 Å². The molecule has 0 bridgehead atoms. The lowest BCUT2D eigenvalue weighted by Gasteiger charge is -2.19. The third kappa shape index (κ3) is 5.59. The van der Waals surface area contributed by atoms with Crippen molar-refractivity contribution in [2.24, 2.45) is 11.8 Å². The fourth-order valence-electron chi connectivity index (χ4n) is 4.47. The van der Waals surface area contributed by atoms with Crippen LogP contribution in [0, 0.1) is 18.8 Å². The normalized spacial score (nSPS) is 18.5. The van der Waals surface area contributed by atoms with E-state index in [1.165, 1.54) is 57.8 Å². The summed E-state index contributed by atoms with van der Waals surface area (Å²) in [5.74, 6) is 1.46. The maximum Gasteiger partial charge on any atom is 0.251 e. The molecule has 0 spiro atoms. The highest BCUT2D eigenvalue weighted by Gasteiger charge is 2.21. The van der Waals surface area contributed by atoms with E-state index in [4.69, 9.17) is 9.84 Å². The minimum absolute atomic E-state index is 0.0211. The summed E-state index contributed by atoms with van der Waals surface area (Å²) in [4.78, 5) is 12.6. The molecule has 2 aliphatic carbocycles. The SMILES string of the molecule is Cc1c(C(=O)NCCOCC2CC2)ccc2nn(CC3CCCCCCC3)cc12. The van der Waals surface area contributed by atoms with Crippen molar-refractivity contribution in [2.75, 3.05) is 19.8 Å². The molecule has 5 heteroatoms. The molecule has 5 nitrogen and oxygen atoms in total. The fourth-order valence-corrected chi connectivity index (χ4v) is 4.47. The summed E-state index contributed by atoms with van der Waals surface area (Å²) >= 11 is 0. The molecule has 2 saturated carbocycles. The number of rotatable bonds is 8. The molecule has 1 aromatic heterocycles. The molecule has 1 aromatic carbocycles. The van der Waals surface area contributed by atoms with E-state index in [-0.39, 0.29) is 5.91 Å². The van der Waals surface area contributed by atoms with Crippen molar-refractivity contribution in [3.8, 4) is 0 Å². The van der Waals surface area contributed by atoms with Gasteiger partial charge < -0.3 is 10.1 Å². The number of aromatic nitrogens is 2. The quantitative estimate of drug-likeness (QED) is 0.647. The average Bonchev–Trinajstić information content (AvgIpc) is 3.41. The Labute approximate surface area is 174 Å². The van der Waals surface area contributed by atoms with Gasteiger partial charge in [0, 0.05) is 36.8 Å². The van der Waals surface area contributed by atoms with Crippen LogP contribution in [0.3, 0.4) is 0 Å². The van der Waals surface area contributed by atoms with E-state index in [1.807, 2.05) is 19.1 Å². The summed E-state index contributed by atoms with van der Waals surface area (Å²) in [6.07, 6.45) is 14.2. The second-order valence-electron chi connectivity index (χ2n) is 9.01. The summed E-state index contributed by atoms with van der Waals surface area (Å²) in [6.45, 7) is 5.00. The van der Waals surface area contributed by atoms with Crippen LogP contribution in [0.2, 0.25) is 0 Å². The van der Waals surface area contributed by atoms with E-state index in [2.05, 4.69) is 16.2 Å². The zero-order valence-corrected chi connectivity index (χ0v) is 17.8. The molecule has 0 aliphatic heterocycles. The molecular formula is C24H35N3O2. The highest BCUT2D eigenvalue weighted by atomic mass is 16.5. The molecule has 29 heavy (non-hydrogen) atoms. The van der Waals surface area contributed by atoms with Gasteiger partial charge in [-0.3, -0.25) is 9.48 Å². The van der Waals surface area contributed by atoms with E-state index >= 15 is 0 Å². The number of fused-ring (bicyclic) bond motifs is 1. The zero-order valence-electron chi connectivity index (χ0n) is 17.8. The molecule has 0 saturated heterocycles. The number of carbonyl (C=O) groups is 1. The number of benzene rings is 1. The van der Waals surface area contributed by atoms with Gasteiger partial charge in [-0.05, 0) is 62.1 Å². The molecule has 0 unspecified atom stereocenters. The fraction of sp³-hybridized carbons (Fsp3) is 0.667. The van der Waals surface area contributed by atoms with Crippen LogP contribution in [0.1, 0.15) is 73.7 Å². The predicted octanol–water partition coefficient (Wildman–Crippen LogP) is 4.86. The van der Waals surface area contributed by atoms with Crippen LogP contribution in [-0.4, -0.2) is 35.4 Å². The highest BCUT2D eigenvalue weighted by molar-refractivity contribution is 6.00. The van der Waals surface area contributed by atoms with E-state index in [9.17, 15) is 4.79 Å². The summed E-state index contributed by atoms with van der Waals surface area (Å²) in [5.41, 5.74) is 2.74. The first-order valence-corrected chi connectivity index (χ1v) is 11.5. The molecule has 1 heterocycles. The Kier molecular flexibility index (Phi) is 6.86. The van der Waals surface area contributed by atoms with E-state index in [0.717, 1.165) is 47.0 Å². The largest absolute Gasteiger partial charge is 0.379 e. The number of carbonyl (C=O) groups excluding carboxylic acids is 1. The van der Waals surface area contributed by atoms with Gasteiger partial charge in [-0.15, -0.1) is 0 Å². The van der Waals surface area contributed by atoms with Gasteiger partial charge in [0.05, 0.1) is 12.1 Å². The molecule has 1 amide bonds. The number of aryl methyl sites for hydroxylation is 1. The lowest BCUT2D eigenvalue weighted by molar-refractivity contribution is 0.0906. The number of hydrogen-bond donors (Lipinski definition) is 1. The van der Waals surface area contributed by atoms with Crippen molar-refractivity contribution in [2.45, 2.75) is 71.3 Å². The van der Waals surface area contributed by atoms with E-state index < -0.39 is 0 Å². The maximum atomic E-state index is 12.6. The van der Waals surface area contributed by atoms with Gasteiger partial charge in [-0.2, -0.15) is 5.10 Å². The minimum Gasteiger partial charge on any atom is -0.379 e. The van der Waals surface area contributed by atoms with E-state index in [0.29, 0.717) is 13.2 Å². The smallest absolute Gasteiger partial charge is 0.251 e. The van der Waals surface area contributed by atoms with Gasteiger partial charge in [0.15, 0.2) is 0 Å². The molecular weight excluding hydrogens is 362 g/mol. The second kappa shape index (κ2) is 9.75.